The number of hydrogen-bond donors (Lipinski definition) is 2. The molecule has 1 amide bonds. The van der Waals surface area contributed by atoms with E-state index in [1.165, 1.54) is 7.11 Å². The minimum atomic E-state index is -0.665. The molecule has 0 spiro atoms. The third-order valence-electron chi connectivity index (χ3n) is 2.03. The maximum Gasteiger partial charge on any atom is 0.372 e. The summed E-state index contributed by atoms with van der Waals surface area (Å²) in [5.41, 5.74) is -0.401. The van der Waals surface area contributed by atoms with Gasteiger partial charge >= 0.3 is 5.69 Å². The van der Waals surface area contributed by atoms with E-state index in [0.29, 0.717) is 0 Å². The van der Waals surface area contributed by atoms with Gasteiger partial charge in [0.2, 0.25) is 11.7 Å². The Morgan fingerprint density at radius 3 is 2.74 bits per heavy atom. The van der Waals surface area contributed by atoms with Crippen molar-refractivity contribution in [2.24, 2.45) is 0 Å². The minimum absolute atomic E-state index is 0.00998. The second-order valence-electron chi connectivity index (χ2n) is 3.91. The normalized spacial score (nSPS) is 10.1. The van der Waals surface area contributed by atoms with Crippen LogP contribution < -0.4 is 15.4 Å². The van der Waals surface area contributed by atoms with Crippen molar-refractivity contribution in [3.63, 3.8) is 0 Å². The highest BCUT2D eigenvalue weighted by molar-refractivity contribution is 5.81. The molecule has 1 aromatic heterocycles. The molecule has 19 heavy (non-hydrogen) atoms. The van der Waals surface area contributed by atoms with Crippen LogP contribution in [0, 0.1) is 10.1 Å². The SMILES string of the molecule is COc1ncnc(NCC(=O)NC(C)C)c1[N+](=O)[O-]. The Balaban J connectivity index is 2.84. The molecule has 0 fully saturated rings. The first kappa shape index (κ1) is 14.6. The number of anilines is 1. The molecule has 0 radical (unpaired) electrons. The summed E-state index contributed by atoms with van der Waals surface area (Å²) in [6.07, 6.45) is 1.12. The lowest BCUT2D eigenvalue weighted by Crippen LogP contribution is -2.35. The average Bonchev–Trinajstić information content (AvgIpc) is 2.34. The molecule has 0 aromatic carbocycles. The average molecular weight is 269 g/mol. The zero-order chi connectivity index (χ0) is 14.4. The largest absolute Gasteiger partial charge is 0.476 e. The third-order valence-corrected chi connectivity index (χ3v) is 2.03. The van der Waals surface area contributed by atoms with E-state index < -0.39 is 10.6 Å². The Hall–Kier alpha value is -2.45. The molecule has 2 N–H and O–H groups in total. The molecule has 0 aliphatic rings. The number of methoxy groups -OCH3 is 1. The molecule has 0 saturated carbocycles. The highest BCUT2D eigenvalue weighted by Gasteiger charge is 2.24. The Morgan fingerprint density at radius 1 is 1.53 bits per heavy atom. The van der Waals surface area contributed by atoms with Crippen molar-refractivity contribution in [1.29, 1.82) is 0 Å². The molecule has 1 aromatic rings. The van der Waals surface area contributed by atoms with E-state index in [0.717, 1.165) is 6.33 Å². The zero-order valence-electron chi connectivity index (χ0n) is 10.8. The van der Waals surface area contributed by atoms with Crippen LogP contribution in [-0.2, 0) is 4.79 Å². The van der Waals surface area contributed by atoms with Crippen LogP contribution in [-0.4, -0.2) is 40.5 Å². The van der Waals surface area contributed by atoms with Gasteiger partial charge in [0.1, 0.15) is 6.33 Å². The van der Waals surface area contributed by atoms with Gasteiger partial charge in [-0.2, -0.15) is 4.98 Å². The van der Waals surface area contributed by atoms with Crippen molar-refractivity contribution in [3.05, 3.63) is 16.4 Å². The van der Waals surface area contributed by atoms with Gasteiger partial charge in [0.15, 0.2) is 0 Å². The van der Waals surface area contributed by atoms with Crippen molar-refractivity contribution in [3.8, 4) is 5.88 Å². The first-order valence-electron chi connectivity index (χ1n) is 5.52. The van der Waals surface area contributed by atoms with E-state index in [-0.39, 0.29) is 30.2 Å². The standard InChI is InChI=1S/C10H15N5O4/c1-6(2)14-7(16)4-11-9-8(15(17)18)10(19-3)13-5-12-9/h5-6H,4H2,1-3H3,(H,14,16)(H,11,12,13). The van der Waals surface area contributed by atoms with Gasteiger partial charge in [-0.25, -0.2) is 4.98 Å². The van der Waals surface area contributed by atoms with Gasteiger partial charge in [-0.05, 0) is 13.8 Å². The second-order valence-corrected chi connectivity index (χ2v) is 3.91. The highest BCUT2D eigenvalue weighted by atomic mass is 16.6. The lowest BCUT2D eigenvalue weighted by Gasteiger charge is -2.10. The minimum Gasteiger partial charge on any atom is -0.476 e. The topological polar surface area (TPSA) is 119 Å². The number of carbonyl (C=O) groups excluding carboxylic acids is 1. The molecular formula is C10H15N5O4. The van der Waals surface area contributed by atoms with Crippen LogP contribution in [0.4, 0.5) is 11.5 Å². The lowest BCUT2D eigenvalue weighted by molar-refractivity contribution is -0.385. The van der Waals surface area contributed by atoms with E-state index in [2.05, 4.69) is 20.6 Å². The fourth-order valence-electron chi connectivity index (χ4n) is 1.34. The van der Waals surface area contributed by atoms with Crippen molar-refractivity contribution >= 4 is 17.4 Å². The molecule has 104 valence electrons. The van der Waals surface area contributed by atoms with Crippen LogP contribution in [0.15, 0.2) is 6.33 Å². The maximum absolute atomic E-state index is 11.4. The second kappa shape index (κ2) is 6.47. The van der Waals surface area contributed by atoms with Crippen molar-refractivity contribution in [2.45, 2.75) is 19.9 Å². The highest BCUT2D eigenvalue weighted by Crippen LogP contribution is 2.29. The summed E-state index contributed by atoms with van der Waals surface area (Å²) in [6.45, 7) is 3.50. The summed E-state index contributed by atoms with van der Waals surface area (Å²) in [4.78, 5) is 29.1. The molecule has 0 saturated heterocycles. The van der Waals surface area contributed by atoms with Crippen LogP contribution in [0.25, 0.3) is 0 Å². The zero-order valence-corrected chi connectivity index (χ0v) is 10.8. The fraction of sp³-hybridized carbons (Fsp3) is 0.500. The Bertz CT molecular complexity index is 477. The monoisotopic (exact) mass is 269 g/mol. The van der Waals surface area contributed by atoms with Gasteiger partial charge in [-0.3, -0.25) is 14.9 Å². The molecule has 1 heterocycles. The van der Waals surface area contributed by atoms with Gasteiger partial charge in [0, 0.05) is 6.04 Å². The smallest absolute Gasteiger partial charge is 0.372 e. The van der Waals surface area contributed by atoms with Crippen LogP contribution >= 0.6 is 0 Å². The van der Waals surface area contributed by atoms with Gasteiger partial charge in [-0.1, -0.05) is 0 Å². The molecule has 0 unspecified atom stereocenters. The quantitative estimate of drug-likeness (QED) is 0.564. The maximum atomic E-state index is 11.4. The van der Waals surface area contributed by atoms with Crippen LogP contribution in [0.5, 0.6) is 5.88 Å². The van der Waals surface area contributed by atoms with Crippen molar-refractivity contribution in [2.75, 3.05) is 19.0 Å². The third kappa shape index (κ3) is 4.05. The number of hydrogen-bond acceptors (Lipinski definition) is 7. The van der Waals surface area contributed by atoms with E-state index >= 15 is 0 Å². The number of aromatic nitrogens is 2. The van der Waals surface area contributed by atoms with Crippen LogP contribution in [0.2, 0.25) is 0 Å². The number of carbonyl (C=O) groups is 1. The Morgan fingerprint density at radius 2 is 2.21 bits per heavy atom. The van der Waals surface area contributed by atoms with Crippen LogP contribution in [0.1, 0.15) is 13.8 Å². The Labute approximate surface area is 109 Å². The summed E-state index contributed by atoms with van der Waals surface area (Å²) in [5, 5.41) is 16.2. The van der Waals surface area contributed by atoms with Crippen molar-refractivity contribution < 1.29 is 14.5 Å². The fourth-order valence-corrected chi connectivity index (χ4v) is 1.34. The summed E-state index contributed by atoms with van der Waals surface area (Å²) in [6, 6.07) is -0.00998. The summed E-state index contributed by atoms with van der Waals surface area (Å²) >= 11 is 0. The van der Waals surface area contributed by atoms with E-state index in [1.54, 1.807) is 0 Å². The summed E-state index contributed by atoms with van der Waals surface area (Å²) in [7, 11) is 1.27. The molecule has 0 aliphatic carbocycles. The molecule has 0 aliphatic heterocycles. The predicted molar refractivity (Wildman–Crippen MR) is 67.0 cm³/mol. The molecule has 9 nitrogen and oxygen atoms in total. The number of nitrogens with zero attached hydrogens (tertiary/aromatic N) is 3. The van der Waals surface area contributed by atoms with Gasteiger partial charge in [-0.15, -0.1) is 0 Å². The molecule has 0 atom stereocenters. The molecular weight excluding hydrogens is 254 g/mol. The lowest BCUT2D eigenvalue weighted by atomic mass is 10.4. The first-order valence-corrected chi connectivity index (χ1v) is 5.52. The number of amides is 1. The molecule has 9 heteroatoms. The summed E-state index contributed by atoms with van der Waals surface area (Å²) < 4.78 is 4.79. The summed E-state index contributed by atoms with van der Waals surface area (Å²) in [5.74, 6) is -0.510. The molecule has 0 bridgehead atoms. The number of nitrogens with one attached hydrogen (secondary N) is 2. The van der Waals surface area contributed by atoms with Gasteiger partial charge in [0.25, 0.3) is 5.88 Å². The first-order chi connectivity index (χ1) is 8.95. The predicted octanol–water partition coefficient (Wildman–Crippen LogP) is 0.330. The number of rotatable bonds is 6. The molecule has 1 rings (SSSR count). The van der Waals surface area contributed by atoms with E-state index in [4.69, 9.17) is 4.74 Å². The van der Waals surface area contributed by atoms with Crippen LogP contribution in [0.3, 0.4) is 0 Å². The van der Waals surface area contributed by atoms with Gasteiger partial charge in [0.05, 0.1) is 18.6 Å². The van der Waals surface area contributed by atoms with E-state index in [9.17, 15) is 14.9 Å². The number of nitro groups is 1. The van der Waals surface area contributed by atoms with Gasteiger partial charge < -0.3 is 15.4 Å². The Kier molecular flexibility index (Phi) is 4.98. The number of ether oxygens (including phenoxy) is 1. The van der Waals surface area contributed by atoms with Crippen molar-refractivity contribution in [1.82, 2.24) is 15.3 Å². The van der Waals surface area contributed by atoms with E-state index in [1.807, 2.05) is 13.8 Å².